The van der Waals surface area contributed by atoms with Crippen LogP contribution in [0.3, 0.4) is 0 Å². The Bertz CT molecular complexity index is 6420. The number of aliphatic hydroxyl groups is 1. The Labute approximate surface area is 732 Å². The number of Topliss-reactive ketones (excluding diaryl/α,β-unsaturated/α-hetero) is 4. The number of primary amides is 3. The number of allylic oxidation sites excluding steroid dienone is 1. The summed E-state index contributed by atoms with van der Waals surface area (Å²) in [7, 11) is 0. The zero-order valence-electron chi connectivity index (χ0n) is 68.4. The van der Waals surface area contributed by atoms with Gasteiger partial charge in [0.25, 0.3) is 17.7 Å². The molecule has 15 rings (SSSR count). The number of halogens is 18. The highest BCUT2D eigenvalue weighted by Gasteiger charge is 2.45. The molecule has 0 saturated carbocycles. The van der Waals surface area contributed by atoms with Crippen LogP contribution in [0.25, 0.3) is 39.5 Å². The molecule has 3 aliphatic carbocycles. The summed E-state index contributed by atoms with van der Waals surface area (Å²) in [6, 6.07) is 29.1. The van der Waals surface area contributed by atoms with Gasteiger partial charge in [0.2, 0.25) is 0 Å². The number of aliphatic hydroxyl groups excluding tert-OH is 1. The van der Waals surface area contributed by atoms with Crippen molar-refractivity contribution < 1.29 is 118 Å². The van der Waals surface area contributed by atoms with Gasteiger partial charge in [-0.25, -0.2) is 39.5 Å². The zero-order valence-corrected chi connectivity index (χ0v) is 68.4. The van der Waals surface area contributed by atoms with E-state index >= 15 is 0 Å². The first kappa shape index (κ1) is 94.5. The number of rotatable bonds is 27. The van der Waals surface area contributed by atoms with Crippen LogP contribution in [-0.2, 0) is 91.1 Å². The Kier molecular flexibility index (Phi) is 28.5. The van der Waals surface area contributed by atoms with Crippen molar-refractivity contribution in [2.75, 3.05) is 0 Å². The average molecular weight is 1830 g/mol. The topological polar surface area (TPSA) is 310 Å². The van der Waals surface area contributed by atoms with E-state index in [9.17, 15) is 118 Å². The molecule has 0 fully saturated rings. The van der Waals surface area contributed by atoms with Crippen LogP contribution in [0.15, 0.2) is 170 Å². The lowest BCUT2D eigenvalue weighted by molar-refractivity contribution is -0.143. The number of carbonyl (C=O) groups excluding carboxylic acids is 7. The maximum atomic E-state index is 14.2. The lowest BCUT2D eigenvalue weighted by Crippen LogP contribution is -2.20. The van der Waals surface area contributed by atoms with Gasteiger partial charge < -0.3 is 22.3 Å². The first-order valence-electron chi connectivity index (χ1n) is 40.5. The maximum Gasteiger partial charge on any atom is 0.435 e. The Morgan fingerprint density at radius 2 is 0.756 bits per heavy atom. The molecule has 0 spiro atoms. The highest BCUT2D eigenvalue weighted by Crippen LogP contribution is 2.44. The summed E-state index contributed by atoms with van der Waals surface area (Å²) in [6.07, 6.45) is -8.01. The number of amides is 3. The minimum atomic E-state index is -4.91. The van der Waals surface area contributed by atoms with E-state index in [0.717, 1.165) is 68.6 Å². The molecule has 6 heterocycles. The summed E-state index contributed by atoms with van der Waals surface area (Å²) in [5.74, 6) is -15.5. The van der Waals surface area contributed by atoms with E-state index in [4.69, 9.17) is 17.2 Å². The molecule has 12 aromatic rings. The Morgan fingerprint density at radius 1 is 0.412 bits per heavy atom. The van der Waals surface area contributed by atoms with Crippen LogP contribution in [0.2, 0.25) is 0 Å². The second kappa shape index (κ2) is 39.5. The number of alkyl halides is 9. The van der Waals surface area contributed by atoms with Crippen molar-refractivity contribution >= 4 is 46.9 Å². The summed E-state index contributed by atoms with van der Waals surface area (Å²) < 4.78 is 254. The van der Waals surface area contributed by atoms with Crippen molar-refractivity contribution in [3.63, 3.8) is 0 Å². The minimum Gasteiger partial charge on any atom is -0.388 e. The molecule has 0 saturated heterocycles. The number of pyridine rings is 3. The quantitative estimate of drug-likeness (QED) is 0.0348. The molecule has 0 bridgehead atoms. The molecule has 680 valence electrons. The van der Waals surface area contributed by atoms with Crippen molar-refractivity contribution in [1.82, 2.24) is 44.3 Å². The molecular weight excluding hydrogens is 1760 g/mol. The van der Waals surface area contributed by atoms with E-state index in [1.165, 1.54) is 61.1 Å². The highest BCUT2D eigenvalue weighted by molar-refractivity contribution is 6.00. The molecule has 3 aliphatic rings. The molecule has 131 heavy (non-hydrogen) atoms. The van der Waals surface area contributed by atoms with E-state index in [0.29, 0.717) is 76.5 Å². The van der Waals surface area contributed by atoms with Gasteiger partial charge >= 0.3 is 18.5 Å². The van der Waals surface area contributed by atoms with Gasteiger partial charge in [-0.05, 0) is 189 Å². The lowest BCUT2D eigenvalue weighted by Gasteiger charge is -2.21. The molecule has 0 aliphatic heterocycles. The number of carbonyl (C=O) groups is 7. The number of fused-ring (bicyclic) bond motifs is 3. The summed E-state index contributed by atoms with van der Waals surface area (Å²) in [4.78, 5) is 101. The monoisotopic (exact) mass is 1830 g/mol. The number of ketones is 4. The first-order valence-corrected chi connectivity index (χ1v) is 40.5. The van der Waals surface area contributed by atoms with Crippen LogP contribution in [0, 0.1) is 52.4 Å². The minimum absolute atomic E-state index is 0.0227. The van der Waals surface area contributed by atoms with Crippen LogP contribution in [0.4, 0.5) is 79.0 Å². The fraction of sp³-hybridized carbons (Fsp3) is 0.258. The second-order valence-electron chi connectivity index (χ2n) is 31.4. The standard InChI is InChI=1S/C31H26F6N4O3.C31H24F6N4O3.C31H24F6N4O2/c2*32-19-10-16(11-20(33)14-19)9-18(28-22(3-2-8-39-28)17-6-7-24(34)23(13-17)30(38)44)12-21(42)15-41-25-4-1-5-26(43)27(25)29(40-41)31(35,36)37;32-20-11-17(12-21(33)15-20)10-19(28-23(5-3-9-39-28)18-7-8-26(34)25(14-18)30(38)43)13-22(42)16-41-27-6-2-1-4-24(27)29(40-41)31(35,36)37/h2-3,6-8,10-11,13-14,18,26,43H,1,4-5,9,12,15H2,(H2,38,44);2-3,6-8,10-11,13-14,18H,1,4-5,9,12,15H2,(H2,38,44);1,3-5,7-9,11-12,14-15,19H,2,6,10,13,16H2,(H2,38,43)/t18-,26?;18-;19-/m111/s1. The average Bonchev–Trinajstić information content (AvgIpc) is 1.62. The van der Waals surface area contributed by atoms with Crippen LogP contribution >= 0.6 is 0 Å². The third kappa shape index (κ3) is 22.4. The normalized spacial score (nSPS) is 14.3. The van der Waals surface area contributed by atoms with Crippen LogP contribution in [0.1, 0.15) is 196 Å². The fourth-order valence-corrected chi connectivity index (χ4v) is 16.7. The molecule has 4 atom stereocenters. The molecule has 1 unspecified atom stereocenters. The number of aromatic nitrogens is 9. The maximum absolute atomic E-state index is 14.2. The predicted molar refractivity (Wildman–Crippen MR) is 436 cm³/mol. The van der Waals surface area contributed by atoms with E-state index in [2.05, 4.69) is 30.2 Å². The first-order chi connectivity index (χ1) is 62.0. The van der Waals surface area contributed by atoms with Crippen LogP contribution < -0.4 is 17.2 Å². The Morgan fingerprint density at radius 3 is 1.12 bits per heavy atom. The van der Waals surface area contributed by atoms with Crippen molar-refractivity contribution in [2.45, 2.75) is 152 Å². The van der Waals surface area contributed by atoms with Gasteiger partial charge in [-0.1, -0.05) is 48.6 Å². The Hall–Kier alpha value is -14.1. The third-order valence-electron chi connectivity index (χ3n) is 22.1. The molecule has 6 aromatic heterocycles. The highest BCUT2D eigenvalue weighted by atomic mass is 19.4. The number of hydrogen-bond donors (Lipinski definition) is 4. The van der Waals surface area contributed by atoms with Gasteiger partial charge in [0.05, 0.1) is 70.8 Å². The fourth-order valence-electron chi connectivity index (χ4n) is 16.7. The van der Waals surface area contributed by atoms with E-state index < -0.39 is 183 Å². The molecule has 6 aromatic carbocycles. The summed E-state index contributed by atoms with van der Waals surface area (Å²) >= 11 is 0. The van der Waals surface area contributed by atoms with Gasteiger partial charge in [0, 0.05) is 119 Å². The number of hydrogen-bond acceptors (Lipinski definition) is 14. The third-order valence-corrected chi connectivity index (χ3v) is 22.1. The number of benzene rings is 6. The second-order valence-corrected chi connectivity index (χ2v) is 31.4. The largest absolute Gasteiger partial charge is 0.435 e. The van der Waals surface area contributed by atoms with Gasteiger partial charge in [-0.3, -0.25) is 62.6 Å². The zero-order chi connectivity index (χ0) is 94.4. The van der Waals surface area contributed by atoms with Crippen molar-refractivity contribution in [1.29, 1.82) is 0 Å². The lowest BCUT2D eigenvalue weighted by atomic mass is 9.86. The number of nitrogens with zero attached hydrogens (tertiary/aromatic N) is 9. The van der Waals surface area contributed by atoms with E-state index in [1.807, 2.05) is 0 Å². The predicted octanol–water partition coefficient (Wildman–Crippen LogP) is 18.2. The van der Waals surface area contributed by atoms with Crippen molar-refractivity contribution in [3.05, 3.63) is 324 Å². The Balaban J connectivity index is 0.000000167. The van der Waals surface area contributed by atoms with E-state index in [-0.39, 0.29) is 138 Å². The molecule has 3 amide bonds. The smallest absolute Gasteiger partial charge is 0.388 e. The van der Waals surface area contributed by atoms with Gasteiger partial charge in [-0.2, -0.15) is 54.8 Å². The van der Waals surface area contributed by atoms with Crippen LogP contribution in [-0.4, -0.2) is 90.3 Å². The van der Waals surface area contributed by atoms with Gasteiger partial charge in [-0.15, -0.1) is 0 Å². The van der Waals surface area contributed by atoms with Crippen LogP contribution in [0.5, 0.6) is 0 Å². The van der Waals surface area contributed by atoms with Crippen molar-refractivity contribution in [2.24, 2.45) is 17.2 Å². The number of nitrogens with two attached hydrogens (primary N) is 3. The molecule has 20 nitrogen and oxygen atoms in total. The van der Waals surface area contributed by atoms with Gasteiger partial charge in [0.1, 0.15) is 52.4 Å². The summed E-state index contributed by atoms with van der Waals surface area (Å²) in [6.45, 7) is -1.61. The molecule has 38 heteroatoms. The van der Waals surface area contributed by atoms with Crippen molar-refractivity contribution in [3.8, 4) is 33.4 Å². The summed E-state index contributed by atoms with van der Waals surface area (Å²) in [5, 5.41) is 21.3. The van der Waals surface area contributed by atoms with Gasteiger partial charge in [0.15, 0.2) is 40.2 Å². The summed E-state index contributed by atoms with van der Waals surface area (Å²) in [5.41, 5.74) is 14.1. The SMILES string of the molecule is NC(=O)c1cc(-c2cccnc2[C@@H](CC(=O)Cn2nc(C(F)(F)F)c3c2CCC=C3)Cc2cc(F)cc(F)c2)ccc1F.NC(=O)c1cc(-c2cccnc2[C@@H](CC(=O)Cn2nc(C(F)(F)F)c3c2CCCC3=O)Cc2cc(F)cc(F)c2)ccc1F.NC(=O)c1cc(-c2cccnc2[C@@H](CC(=O)Cn2nc(C(F)(F)F)c3c2CCCC3O)Cc2cc(F)cc(F)c2)ccc1F. The van der Waals surface area contributed by atoms with E-state index in [1.54, 1.807) is 42.5 Å². The molecule has 0 radical (unpaired) electrons. The molecule has 7 N–H and O–H groups in total. The molecular formula is C93H74F18N12O8.